The minimum atomic E-state index is -4.38. The lowest BCUT2D eigenvalue weighted by atomic mass is 10.0. The van der Waals surface area contributed by atoms with Crippen LogP contribution in [0.2, 0.25) is 0 Å². The van der Waals surface area contributed by atoms with Crippen LogP contribution < -0.4 is 0 Å². The smallest absolute Gasteiger partial charge is 0.293 e. The number of hydrogen-bond acceptors (Lipinski definition) is 2. The molecule has 0 bridgehead atoms. The maximum atomic E-state index is 12.7. The van der Waals surface area contributed by atoms with Crippen LogP contribution in [0.3, 0.4) is 0 Å². The van der Waals surface area contributed by atoms with E-state index in [1.807, 2.05) is 30.3 Å². The Balaban J connectivity index is 1.78. The van der Waals surface area contributed by atoms with Crippen molar-refractivity contribution in [3.05, 3.63) is 65.0 Å². The normalized spacial score (nSPS) is 15.8. The van der Waals surface area contributed by atoms with Crippen LogP contribution >= 0.6 is 0 Å². The third-order valence-electron chi connectivity index (χ3n) is 3.68. The van der Waals surface area contributed by atoms with E-state index >= 15 is 0 Å². The van der Waals surface area contributed by atoms with Crippen molar-refractivity contribution in [2.45, 2.75) is 25.7 Å². The lowest BCUT2D eigenvalue weighted by Gasteiger charge is -2.28. The number of benzene rings is 1. The highest BCUT2D eigenvalue weighted by Gasteiger charge is 2.33. The lowest BCUT2D eigenvalue weighted by molar-refractivity contribution is -0.141. The summed E-state index contributed by atoms with van der Waals surface area (Å²) < 4.78 is 38.2. The van der Waals surface area contributed by atoms with Gasteiger partial charge in [0, 0.05) is 19.6 Å². The second-order valence-corrected chi connectivity index (χ2v) is 5.25. The fourth-order valence-electron chi connectivity index (χ4n) is 2.60. The van der Waals surface area contributed by atoms with Crippen LogP contribution in [0, 0.1) is 0 Å². The number of alkyl halides is 3. The Morgan fingerprint density at radius 3 is 2.52 bits per heavy atom. The van der Waals surface area contributed by atoms with E-state index in [-0.39, 0.29) is 0 Å². The highest BCUT2D eigenvalue weighted by Crippen LogP contribution is 2.29. The van der Waals surface area contributed by atoms with Crippen LogP contribution in [0.5, 0.6) is 0 Å². The van der Waals surface area contributed by atoms with Gasteiger partial charge in [0.15, 0.2) is 0 Å². The van der Waals surface area contributed by atoms with Crippen molar-refractivity contribution >= 4 is 0 Å². The third-order valence-corrected chi connectivity index (χ3v) is 3.68. The number of halogens is 3. The highest BCUT2D eigenvalue weighted by molar-refractivity contribution is 5.27. The molecule has 2 nitrogen and oxygen atoms in total. The van der Waals surface area contributed by atoms with E-state index in [0.717, 1.165) is 36.7 Å². The Bertz CT molecular complexity index is 623. The SMILES string of the molecule is FC(F)(F)c1ccc2c(n1)CN(Cc1ccccc1)CC2. The first-order valence-corrected chi connectivity index (χ1v) is 6.84. The predicted molar refractivity (Wildman–Crippen MR) is 73.5 cm³/mol. The first kappa shape index (κ1) is 14.1. The van der Waals surface area contributed by atoms with Gasteiger partial charge in [0.25, 0.3) is 0 Å². The van der Waals surface area contributed by atoms with Crippen molar-refractivity contribution in [2.24, 2.45) is 0 Å². The van der Waals surface area contributed by atoms with Gasteiger partial charge in [0.05, 0.1) is 5.69 Å². The molecule has 0 aliphatic carbocycles. The minimum absolute atomic E-state index is 0.466. The number of pyridine rings is 1. The van der Waals surface area contributed by atoms with Crippen molar-refractivity contribution in [1.82, 2.24) is 9.88 Å². The Morgan fingerprint density at radius 2 is 1.81 bits per heavy atom. The van der Waals surface area contributed by atoms with E-state index in [1.165, 1.54) is 0 Å². The van der Waals surface area contributed by atoms with E-state index in [9.17, 15) is 13.2 Å². The molecule has 0 unspecified atom stereocenters. The molecule has 2 aromatic rings. The zero-order valence-electron chi connectivity index (χ0n) is 11.4. The maximum Gasteiger partial charge on any atom is 0.433 e. The average Bonchev–Trinajstić information content (AvgIpc) is 2.46. The Labute approximate surface area is 121 Å². The molecule has 0 spiro atoms. The van der Waals surface area contributed by atoms with Crippen molar-refractivity contribution < 1.29 is 13.2 Å². The average molecular weight is 292 g/mol. The zero-order chi connectivity index (χ0) is 14.9. The predicted octanol–water partition coefficient (Wildman–Crippen LogP) is 3.66. The van der Waals surface area contributed by atoms with Gasteiger partial charge in [0.1, 0.15) is 5.69 Å². The Hall–Kier alpha value is -1.88. The van der Waals surface area contributed by atoms with E-state index in [4.69, 9.17) is 0 Å². The van der Waals surface area contributed by atoms with E-state index in [1.54, 1.807) is 6.07 Å². The third kappa shape index (κ3) is 3.24. The molecule has 0 saturated heterocycles. The monoisotopic (exact) mass is 292 g/mol. The topological polar surface area (TPSA) is 16.1 Å². The standard InChI is InChI=1S/C16H15F3N2/c17-16(18,19)15-7-6-13-8-9-21(11-14(13)20-15)10-12-4-2-1-3-5-12/h1-7H,8-11H2. The molecule has 1 aromatic heterocycles. The van der Waals surface area contributed by atoms with Gasteiger partial charge >= 0.3 is 6.18 Å². The van der Waals surface area contributed by atoms with E-state index < -0.39 is 11.9 Å². The zero-order valence-corrected chi connectivity index (χ0v) is 11.4. The first-order valence-electron chi connectivity index (χ1n) is 6.84. The van der Waals surface area contributed by atoms with Gasteiger partial charge in [-0.05, 0) is 23.6 Å². The molecule has 0 radical (unpaired) electrons. The molecular weight excluding hydrogens is 277 g/mol. The van der Waals surface area contributed by atoms with Crippen LogP contribution in [-0.2, 0) is 25.7 Å². The molecule has 0 fully saturated rings. The summed E-state index contributed by atoms with van der Waals surface area (Å²) in [6, 6.07) is 12.6. The molecule has 0 amide bonds. The lowest BCUT2D eigenvalue weighted by Crippen LogP contribution is -2.31. The van der Waals surface area contributed by atoms with E-state index in [2.05, 4.69) is 9.88 Å². The Morgan fingerprint density at radius 1 is 1.05 bits per heavy atom. The fourth-order valence-corrected chi connectivity index (χ4v) is 2.60. The summed E-state index contributed by atoms with van der Waals surface area (Å²) in [5, 5.41) is 0. The summed E-state index contributed by atoms with van der Waals surface area (Å²) >= 11 is 0. The molecule has 2 heterocycles. The molecule has 21 heavy (non-hydrogen) atoms. The highest BCUT2D eigenvalue weighted by atomic mass is 19.4. The van der Waals surface area contributed by atoms with Gasteiger partial charge in [0.2, 0.25) is 0 Å². The molecular formula is C16H15F3N2. The van der Waals surface area contributed by atoms with E-state index in [0.29, 0.717) is 12.2 Å². The quantitative estimate of drug-likeness (QED) is 0.840. The largest absolute Gasteiger partial charge is 0.433 e. The molecule has 1 aromatic carbocycles. The molecule has 1 aliphatic rings. The van der Waals surface area contributed by atoms with Gasteiger partial charge in [-0.15, -0.1) is 0 Å². The van der Waals surface area contributed by atoms with Gasteiger partial charge in [-0.25, -0.2) is 4.98 Å². The summed E-state index contributed by atoms with van der Waals surface area (Å²) in [7, 11) is 0. The molecule has 0 saturated carbocycles. The van der Waals surface area contributed by atoms with Crippen LogP contribution in [0.25, 0.3) is 0 Å². The summed E-state index contributed by atoms with van der Waals surface area (Å²) in [6.07, 6.45) is -3.63. The maximum absolute atomic E-state index is 12.7. The van der Waals surface area contributed by atoms with Crippen LogP contribution in [-0.4, -0.2) is 16.4 Å². The number of rotatable bonds is 2. The number of hydrogen-bond donors (Lipinski definition) is 0. The van der Waals surface area contributed by atoms with Gasteiger partial charge in [-0.1, -0.05) is 36.4 Å². The van der Waals surface area contributed by atoms with Gasteiger partial charge in [-0.2, -0.15) is 13.2 Å². The summed E-state index contributed by atoms with van der Waals surface area (Å²) in [4.78, 5) is 5.94. The molecule has 3 rings (SSSR count). The molecule has 5 heteroatoms. The summed E-state index contributed by atoms with van der Waals surface area (Å²) in [6.45, 7) is 2.04. The summed E-state index contributed by atoms with van der Waals surface area (Å²) in [5.41, 5.74) is 1.83. The van der Waals surface area contributed by atoms with Crippen molar-refractivity contribution in [1.29, 1.82) is 0 Å². The van der Waals surface area contributed by atoms with Crippen molar-refractivity contribution in [3.63, 3.8) is 0 Å². The first-order chi connectivity index (χ1) is 10.0. The van der Waals surface area contributed by atoms with Crippen molar-refractivity contribution in [3.8, 4) is 0 Å². The van der Waals surface area contributed by atoms with Crippen LogP contribution in [0.1, 0.15) is 22.5 Å². The minimum Gasteiger partial charge on any atom is -0.293 e. The molecule has 0 atom stereocenters. The van der Waals surface area contributed by atoms with Crippen molar-refractivity contribution in [2.75, 3.05) is 6.54 Å². The van der Waals surface area contributed by atoms with Gasteiger partial charge < -0.3 is 0 Å². The second kappa shape index (κ2) is 5.48. The second-order valence-electron chi connectivity index (χ2n) is 5.25. The Kier molecular flexibility index (Phi) is 3.68. The van der Waals surface area contributed by atoms with Gasteiger partial charge in [-0.3, -0.25) is 4.90 Å². The van der Waals surface area contributed by atoms with Crippen LogP contribution in [0.15, 0.2) is 42.5 Å². The number of fused-ring (bicyclic) bond motifs is 1. The molecule has 1 aliphatic heterocycles. The molecule has 110 valence electrons. The fraction of sp³-hybridized carbons (Fsp3) is 0.312. The van der Waals surface area contributed by atoms with Crippen LogP contribution in [0.4, 0.5) is 13.2 Å². The number of aromatic nitrogens is 1. The summed E-state index contributed by atoms with van der Waals surface area (Å²) in [5.74, 6) is 0. The molecule has 0 N–H and O–H groups in total. The number of nitrogens with zero attached hydrogens (tertiary/aromatic N) is 2.